The van der Waals surface area contributed by atoms with E-state index in [9.17, 15) is 18.0 Å². The average molecular weight is 280 g/mol. The Hall–Kier alpha value is -2.37. The highest BCUT2D eigenvalue weighted by Crippen LogP contribution is 2.31. The number of nitrogens with one attached hydrogen (secondary N) is 1. The number of carbonyl (C=O) groups is 1. The Morgan fingerprint density at radius 3 is 2.55 bits per heavy atom. The number of amides is 1. The molecule has 0 atom stereocenters. The van der Waals surface area contributed by atoms with Gasteiger partial charge < -0.3 is 5.32 Å². The molecular formula is C14H11F3N2O. The van der Waals surface area contributed by atoms with Gasteiger partial charge in [0, 0.05) is 18.9 Å². The van der Waals surface area contributed by atoms with Crippen molar-refractivity contribution in [1.29, 1.82) is 0 Å². The largest absolute Gasteiger partial charge is 0.416 e. The lowest BCUT2D eigenvalue weighted by atomic mass is 10.1. The number of nitrogens with zero attached hydrogens (tertiary/aromatic N) is 1. The maximum absolute atomic E-state index is 12.8. The Morgan fingerprint density at radius 2 is 1.90 bits per heavy atom. The molecule has 0 saturated heterocycles. The molecule has 1 heterocycles. The van der Waals surface area contributed by atoms with Crippen molar-refractivity contribution in [2.24, 2.45) is 0 Å². The molecule has 1 amide bonds. The van der Waals surface area contributed by atoms with Gasteiger partial charge in [-0.2, -0.15) is 13.2 Å². The van der Waals surface area contributed by atoms with E-state index in [0.717, 1.165) is 6.07 Å². The molecule has 6 heteroatoms. The summed E-state index contributed by atoms with van der Waals surface area (Å²) in [5.74, 6) is -0.463. The average Bonchev–Trinajstić information content (AvgIpc) is 2.45. The Balaban J connectivity index is 2.11. The van der Waals surface area contributed by atoms with Crippen LogP contribution in [0.5, 0.6) is 0 Å². The minimum Gasteiger partial charge on any atom is -0.348 e. The van der Waals surface area contributed by atoms with Crippen LogP contribution in [0.15, 0.2) is 48.8 Å². The number of alkyl halides is 3. The van der Waals surface area contributed by atoms with Crippen LogP contribution in [-0.4, -0.2) is 10.9 Å². The highest BCUT2D eigenvalue weighted by atomic mass is 19.4. The number of hydrogen-bond donors (Lipinski definition) is 1. The maximum Gasteiger partial charge on any atom is 0.416 e. The van der Waals surface area contributed by atoms with Crippen LogP contribution in [0.2, 0.25) is 0 Å². The third-order valence-electron chi connectivity index (χ3n) is 2.69. The molecule has 0 bridgehead atoms. The lowest BCUT2D eigenvalue weighted by Gasteiger charge is -2.13. The predicted octanol–water partition coefficient (Wildman–Crippen LogP) is 3.03. The summed E-state index contributed by atoms with van der Waals surface area (Å²) >= 11 is 0. The third kappa shape index (κ3) is 3.34. The number of pyridine rings is 1. The Labute approximate surface area is 113 Å². The van der Waals surface area contributed by atoms with Crippen LogP contribution in [0.1, 0.15) is 21.5 Å². The van der Waals surface area contributed by atoms with Gasteiger partial charge in [-0.05, 0) is 23.8 Å². The van der Waals surface area contributed by atoms with Crippen LogP contribution in [0, 0.1) is 0 Å². The third-order valence-corrected chi connectivity index (χ3v) is 2.69. The van der Waals surface area contributed by atoms with Gasteiger partial charge >= 0.3 is 6.18 Å². The van der Waals surface area contributed by atoms with Crippen LogP contribution in [-0.2, 0) is 12.7 Å². The van der Waals surface area contributed by atoms with Crippen molar-refractivity contribution < 1.29 is 18.0 Å². The molecule has 20 heavy (non-hydrogen) atoms. The molecule has 0 unspecified atom stereocenters. The quantitative estimate of drug-likeness (QED) is 0.939. The van der Waals surface area contributed by atoms with Crippen molar-refractivity contribution in [2.45, 2.75) is 12.7 Å². The number of aromatic nitrogens is 1. The molecular weight excluding hydrogens is 269 g/mol. The van der Waals surface area contributed by atoms with Crippen LogP contribution < -0.4 is 5.32 Å². The molecule has 0 aliphatic rings. The van der Waals surface area contributed by atoms with E-state index in [2.05, 4.69) is 10.3 Å². The van der Waals surface area contributed by atoms with E-state index in [0.29, 0.717) is 5.56 Å². The number of benzene rings is 1. The summed E-state index contributed by atoms with van der Waals surface area (Å²) in [6, 6.07) is 8.27. The standard InChI is InChI=1S/C14H11F3N2O/c15-14(16,17)12-6-2-1-4-10(12)9-19-13(20)11-5-3-7-18-8-11/h1-8H,9H2,(H,19,20). The van der Waals surface area contributed by atoms with E-state index in [1.165, 1.54) is 36.7 Å². The van der Waals surface area contributed by atoms with Gasteiger partial charge in [0.15, 0.2) is 0 Å². The first-order valence-corrected chi connectivity index (χ1v) is 5.82. The molecule has 2 aromatic rings. The molecule has 0 radical (unpaired) electrons. The van der Waals surface area contributed by atoms with Crippen molar-refractivity contribution >= 4 is 5.91 Å². The summed E-state index contributed by atoms with van der Waals surface area (Å²) in [5.41, 5.74) is -0.416. The maximum atomic E-state index is 12.8. The zero-order chi connectivity index (χ0) is 14.6. The zero-order valence-corrected chi connectivity index (χ0v) is 10.3. The molecule has 1 aromatic heterocycles. The monoisotopic (exact) mass is 280 g/mol. The molecule has 0 aliphatic heterocycles. The van der Waals surface area contributed by atoms with Gasteiger partial charge in [0.2, 0.25) is 0 Å². The predicted molar refractivity (Wildman–Crippen MR) is 66.9 cm³/mol. The van der Waals surface area contributed by atoms with Crippen LogP contribution in [0.25, 0.3) is 0 Å². The van der Waals surface area contributed by atoms with E-state index in [1.54, 1.807) is 6.07 Å². The first-order valence-electron chi connectivity index (χ1n) is 5.82. The van der Waals surface area contributed by atoms with Crippen LogP contribution >= 0.6 is 0 Å². The highest BCUT2D eigenvalue weighted by Gasteiger charge is 2.32. The van der Waals surface area contributed by atoms with Gasteiger partial charge in [0.05, 0.1) is 11.1 Å². The summed E-state index contributed by atoms with van der Waals surface area (Å²) in [6.45, 7) is -0.191. The van der Waals surface area contributed by atoms with Crippen molar-refractivity contribution in [3.8, 4) is 0 Å². The lowest BCUT2D eigenvalue weighted by molar-refractivity contribution is -0.138. The fourth-order valence-electron chi connectivity index (χ4n) is 1.73. The summed E-state index contributed by atoms with van der Waals surface area (Å²) in [6.07, 6.45) is -1.57. The molecule has 0 spiro atoms. The minimum atomic E-state index is -4.43. The lowest BCUT2D eigenvalue weighted by Crippen LogP contribution is -2.24. The Bertz CT molecular complexity index is 597. The second-order valence-electron chi connectivity index (χ2n) is 4.08. The van der Waals surface area contributed by atoms with E-state index >= 15 is 0 Å². The van der Waals surface area contributed by atoms with E-state index in [-0.39, 0.29) is 12.1 Å². The van der Waals surface area contributed by atoms with Gasteiger partial charge in [-0.15, -0.1) is 0 Å². The molecule has 0 saturated carbocycles. The topological polar surface area (TPSA) is 42.0 Å². The van der Waals surface area contributed by atoms with Gasteiger partial charge in [-0.3, -0.25) is 9.78 Å². The zero-order valence-electron chi connectivity index (χ0n) is 10.3. The smallest absolute Gasteiger partial charge is 0.348 e. The first-order chi connectivity index (χ1) is 9.48. The number of rotatable bonds is 3. The van der Waals surface area contributed by atoms with E-state index < -0.39 is 17.6 Å². The first kappa shape index (κ1) is 14.0. The van der Waals surface area contributed by atoms with Crippen molar-refractivity contribution in [3.63, 3.8) is 0 Å². The molecule has 1 N–H and O–H groups in total. The second-order valence-corrected chi connectivity index (χ2v) is 4.08. The fraction of sp³-hybridized carbons (Fsp3) is 0.143. The van der Waals surface area contributed by atoms with Crippen molar-refractivity contribution in [3.05, 3.63) is 65.5 Å². The molecule has 0 fully saturated rings. The van der Waals surface area contributed by atoms with Gasteiger partial charge in [0.25, 0.3) is 5.91 Å². The molecule has 1 aromatic carbocycles. The molecule has 3 nitrogen and oxygen atoms in total. The second kappa shape index (κ2) is 5.73. The van der Waals surface area contributed by atoms with E-state index in [1.807, 2.05) is 0 Å². The summed E-state index contributed by atoms with van der Waals surface area (Å²) < 4.78 is 38.3. The fourth-order valence-corrected chi connectivity index (χ4v) is 1.73. The van der Waals surface area contributed by atoms with Crippen LogP contribution in [0.3, 0.4) is 0 Å². The molecule has 0 aliphatic carbocycles. The van der Waals surface area contributed by atoms with Gasteiger partial charge in [-0.25, -0.2) is 0 Å². The molecule has 2 rings (SSSR count). The summed E-state index contributed by atoms with van der Waals surface area (Å²) in [7, 11) is 0. The summed E-state index contributed by atoms with van der Waals surface area (Å²) in [4.78, 5) is 15.5. The number of halogens is 3. The Kier molecular flexibility index (Phi) is 4.02. The van der Waals surface area contributed by atoms with E-state index in [4.69, 9.17) is 0 Å². The van der Waals surface area contributed by atoms with Crippen molar-refractivity contribution in [1.82, 2.24) is 10.3 Å². The normalized spacial score (nSPS) is 11.2. The van der Waals surface area contributed by atoms with Gasteiger partial charge in [0.1, 0.15) is 0 Å². The van der Waals surface area contributed by atoms with Gasteiger partial charge in [-0.1, -0.05) is 18.2 Å². The Morgan fingerprint density at radius 1 is 1.15 bits per heavy atom. The minimum absolute atomic E-state index is 0.0252. The highest BCUT2D eigenvalue weighted by molar-refractivity contribution is 5.93. The number of carbonyl (C=O) groups excluding carboxylic acids is 1. The SMILES string of the molecule is O=C(NCc1ccccc1C(F)(F)F)c1cccnc1. The molecule has 104 valence electrons. The van der Waals surface area contributed by atoms with Crippen LogP contribution in [0.4, 0.5) is 13.2 Å². The summed E-state index contributed by atoms with van der Waals surface area (Å²) in [5, 5.41) is 2.45. The number of hydrogen-bond acceptors (Lipinski definition) is 2. The van der Waals surface area contributed by atoms with Crippen molar-refractivity contribution in [2.75, 3.05) is 0 Å².